The molecule has 4 N–H and O–H groups in total. The summed E-state index contributed by atoms with van der Waals surface area (Å²) in [5.41, 5.74) is 2.22. The molecule has 1 aromatic rings. The predicted octanol–water partition coefficient (Wildman–Crippen LogP) is 2.20. The van der Waals surface area contributed by atoms with Crippen LogP contribution in [0.2, 0.25) is 0 Å². The molecule has 0 aliphatic carbocycles. The number of hydrogen-bond donors (Lipinski definition) is 4. The van der Waals surface area contributed by atoms with E-state index in [1.54, 1.807) is 11.8 Å². The van der Waals surface area contributed by atoms with Gasteiger partial charge in [0, 0.05) is 17.5 Å². The van der Waals surface area contributed by atoms with Crippen molar-refractivity contribution in [2.24, 2.45) is 0 Å². The lowest BCUT2D eigenvalue weighted by Gasteiger charge is -2.15. The van der Waals surface area contributed by atoms with Gasteiger partial charge in [-0.05, 0) is 37.3 Å². The molecule has 6 heteroatoms. The summed E-state index contributed by atoms with van der Waals surface area (Å²) in [4.78, 5) is 10.7. The van der Waals surface area contributed by atoms with Crippen LogP contribution in [0.15, 0.2) is 23.1 Å². The lowest BCUT2D eigenvalue weighted by Crippen LogP contribution is -2.27. The number of aliphatic carboxylic acids is 1. The van der Waals surface area contributed by atoms with E-state index >= 15 is 0 Å². The zero-order chi connectivity index (χ0) is 17.3. The van der Waals surface area contributed by atoms with Gasteiger partial charge in [0.25, 0.3) is 0 Å². The third-order valence-electron chi connectivity index (χ3n) is 2.88. The zero-order valence-corrected chi connectivity index (χ0v) is 14.6. The molecule has 2 atom stereocenters. The van der Waals surface area contributed by atoms with Crippen LogP contribution in [0.4, 0.5) is 0 Å². The van der Waals surface area contributed by atoms with Gasteiger partial charge in [-0.15, -0.1) is 11.8 Å². The average Bonchev–Trinajstić information content (AvgIpc) is 2.45. The third kappa shape index (κ3) is 8.38. The fourth-order valence-electron chi connectivity index (χ4n) is 1.57. The number of rotatable bonds is 6. The molecule has 0 saturated heterocycles. The van der Waals surface area contributed by atoms with E-state index in [2.05, 4.69) is 44.5 Å². The van der Waals surface area contributed by atoms with Crippen molar-refractivity contribution in [3.8, 4) is 0 Å². The van der Waals surface area contributed by atoms with Crippen molar-refractivity contribution >= 4 is 17.7 Å². The summed E-state index contributed by atoms with van der Waals surface area (Å²) in [5.74, 6) is -1.19. The van der Waals surface area contributed by atoms with Gasteiger partial charge in [-0.2, -0.15) is 0 Å². The largest absolute Gasteiger partial charge is 0.479 e. The SMILES string of the molecule is CC(O)C(=O)O.CSc1ccc(C(O)CNC(C)C)cc1C. The van der Waals surface area contributed by atoms with Crippen molar-refractivity contribution in [2.75, 3.05) is 12.8 Å². The van der Waals surface area contributed by atoms with Crippen LogP contribution in [0.3, 0.4) is 0 Å². The molecule has 0 aliphatic heterocycles. The van der Waals surface area contributed by atoms with E-state index in [9.17, 15) is 9.90 Å². The number of carbonyl (C=O) groups is 1. The molecule has 0 heterocycles. The van der Waals surface area contributed by atoms with Gasteiger partial charge in [0.1, 0.15) is 6.10 Å². The van der Waals surface area contributed by atoms with E-state index in [1.807, 2.05) is 6.07 Å². The van der Waals surface area contributed by atoms with Crippen LogP contribution in [0, 0.1) is 6.92 Å². The molecule has 1 rings (SSSR count). The summed E-state index contributed by atoms with van der Waals surface area (Å²) in [7, 11) is 0. The average molecular weight is 329 g/mol. The van der Waals surface area contributed by atoms with Crippen LogP contribution in [0.5, 0.6) is 0 Å². The van der Waals surface area contributed by atoms with E-state index in [1.165, 1.54) is 17.4 Å². The van der Waals surface area contributed by atoms with Crippen molar-refractivity contribution in [2.45, 2.75) is 50.8 Å². The Hall–Kier alpha value is -1.08. The van der Waals surface area contributed by atoms with E-state index < -0.39 is 18.2 Å². The second-order valence-electron chi connectivity index (χ2n) is 5.32. The summed E-state index contributed by atoms with van der Waals surface area (Å²) >= 11 is 1.74. The molecule has 0 saturated carbocycles. The van der Waals surface area contributed by atoms with Gasteiger partial charge >= 0.3 is 5.97 Å². The highest BCUT2D eigenvalue weighted by atomic mass is 32.2. The maximum atomic E-state index is 9.99. The van der Waals surface area contributed by atoms with Gasteiger partial charge in [-0.25, -0.2) is 4.79 Å². The Morgan fingerprint density at radius 2 is 1.82 bits per heavy atom. The fourth-order valence-corrected chi connectivity index (χ4v) is 2.16. The summed E-state index contributed by atoms with van der Waals surface area (Å²) in [6.07, 6.45) is 0.417. The van der Waals surface area contributed by atoms with Crippen molar-refractivity contribution in [1.29, 1.82) is 0 Å². The molecule has 0 fully saturated rings. The monoisotopic (exact) mass is 329 g/mol. The molecule has 126 valence electrons. The van der Waals surface area contributed by atoms with Gasteiger partial charge in [0.2, 0.25) is 0 Å². The smallest absolute Gasteiger partial charge is 0.332 e. The van der Waals surface area contributed by atoms with Crippen LogP contribution in [-0.2, 0) is 4.79 Å². The Morgan fingerprint density at radius 3 is 2.18 bits per heavy atom. The molecule has 2 unspecified atom stereocenters. The standard InChI is InChI=1S/C13H21NOS.C3H6O3/c1-9(2)14-8-12(15)11-5-6-13(16-4)10(3)7-11;1-2(4)3(5)6/h5-7,9,12,14-15H,8H2,1-4H3;2,4H,1H3,(H,5,6). The Bertz CT molecular complexity index is 463. The van der Waals surface area contributed by atoms with Crippen molar-refractivity contribution < 1.29 is 20.1 Å². The van der Waals surface area contributed by atoms with Gasteiger partial charge in [0.15, 0.2) is 0 Å². The van der Waals surface area contributed by atoms with Gasteiger partial charge in [0.05, 0.1) is 6.10 Å². The van der Waals surface area contributed by atoms with E-state index in [0.717, 1.165) is 5.56 Å². The Balaban J connectivity index is 0.000000626. The molecule has 0 amide bonds. The number of aryl methyl sites for hydroxylation is 1. The number of benzene rings is 1. The number of hydrogen-bond acceptors (Lipinski definition) is 5. The van der Waals surface area contributed by atoms with E-state index in [0.29, 0.717) is 12.6 Å². The molecule has 0 radical (unpaired) electrons. The number of aliphatic hydroxyl groups excluding tert-OH is 2. The lowest BCUT2D eigenvalue weighted by atomic mass is 10.1. The summed E-state index contributed by atoms with van der Waals surface area (Å²) < 4.78 is 0. The third-order valence-corrected chi connectivity index (χ3v) is 3.78. The quantitative estimate of drug-likeness (QED) is 0.598. The summed E-state index contributed by atoms with van der Waals surface area (Å²) in [6.45, 7) is 8.04. The highest BCUT2D eigenvalue weighted by Crippen LogP contribution is 2.23. The first-order chi connectivity index (χ1) is 10.2. The molecule has 5 nitrogen and oxygen atoms in total. The minimum atomic E-state index is -1.23. The number of aliphatic hydroxyl groups is 2. The summed E-state index contributed by atoms with van der Waals surface area (Å²) in [5, 5.41) is 29.0. The zero-order valence-electron chi connectivity index (χ0n) is 13.8. The lowest BCUT2D eigenvalue weighted by molar-refractivity contribution is -0.145. The molecule has 22 heavy (non-hydrogen) atoms. The van der Waals surface area contributed by atoms with Crippen LogP contribution in [0.25, 0.3) is 0 Å². The van der Waals surface area contributed by atoms with Crippen molar-refractivity contribution in [1.82, 2.24) is 5.32 Å². The van der Waals surface area contributed by atoms with Crippen LogP contribution in [-0.4, -0.2) is 46.2 Å². The Morgan fingerprint density at radius 1 is 1.27 bits per heavy atom. The maximum absolute atomic E-state index is 9.99. The molecule has 0 aromatic heterocycles. The second-order valence-corrected chi connectivity index (χ2v) is 6.17. The first-order valence-electron chi connectivity index (χ1n) is 7.15. The molecular weight excluding hydrogens is 302 g/mol. The minimum absolute atomic E-state index is 0.404. The molecule has 0 aliphatic rings. The second kappa shape index (κ2) is 10.6. The van der Waals surface area contributed by atoms with E-state index in [4.69, 9.17) is 10.2 Å². The number of nitrogens with one attached hydrogen (secondary N) is 1. The highest BCUT2D eigenvalue weighted by molar-refractivity contribution is 7.98. The number of carboxylic acid groups (broad SMARTS) is 1. The van der Waals surface area contributed by atoms with Crippen LogP contribution >= 0.6 is 11.8 Å². The first kappa shape index (κ1) is 20.9. The van der Waals surface area contributed by atoms with Crippen molar-refractivity contribution in [3.63, 3.8) is 0 Å². The summed E-state index contributed by atoms with van der Waals surface area (Å²) in [6, 6.07) is 6.55. The fraction of sp³-hybridized carbons (Fsp3) is 0.562. The first-order valence-corrected chi connectivity index (χ1v) is 8.38. The Labute approximate surface area is 136 Å². The molecule has 0 spiro atoms. The normalized spacial score (nSPS) is 13.3. The maximum Gasteiger partial charge on any atom is 0.332 e. The van der Waals surface area contributed by atoms with Crippen LogP contribution < -0.4 is 5.32 Å². The predicted molar refractivity (Wildman–Crippen MR) is 90.4 cm³/mol. The molecular formula is C16H27NO4S. The molecule has 0 bridgehead atoms. The number of thioether (sulfide) groups is 1. The van der Waals surface area contributed by atoms with Gasteiger partial charge < -0.3 is 20.6 Å². The highest BCUT2D eigenvalue weighted by Gasteiger charge is 2.09. The van der Waals surface area contributed by atoms with Crippen LogP contribution in [0.1, 0.15) is 38.0 Å². The van der Waals surface area contributed by atoms with E-state index in [-0.39, 0.29) is 0 Å². The Kier molecular flexibility index (Phi) is 10.1. The number of carboxylic acids is 1. The topological polar surface area (TPSA) is 89.8 Å². The molecule has 1 aromatic carbocycles. The van der Waals surface area contributed by atoms with Crippen molar-refractivity contribution in [3.05, 3.63) is 29.3 Å². The minimum Gasteiger partial charge on any atom is -0.479 e. The van der Waals surface area contributed by atoms with Gasteiger partial charge in [-0.1, -0.05) is 26.0 Å². The van der Waals surface area contributed by atoms with Gasteiger partial charge in [-0.3, -0.25) is 0 Å².